The molecule has 1 saturated heterocycles. The molecule has 1 unspecified atom stereocenters. The smallest absolute Gasteiger partial charge is 0.329 e. The van der Waals surface area contributed by atoms with Gasteiger partial charge in [-0.15, -0.1) is 0 Å². The van der Waals surface area contributed by atoms with Crippen molar-refractivity contribution < 1.29 is 23.1 Å². The molecule has 0 spiro atoms. The maximum Gasteiger partial charge on any atom is 0.329 e. The summed E-state index contributed by atoms with van der Waals surface area (Å²) in [7, 11) is -0.179. The highest BCUT2D eigenvalue weighted by atomic mass is 32.2. The van der Waals surface area contributed by atoms with Crippen LogP contribution in [0.25, 0.3) is 0 Å². The Morgan fingerprint density at radius 2 is 1.79 bits per heavy atom. The van der Waals surface area contributed by atoms with Gasteiger partial charge < -0.3 is 14.9 Å². The molecule has 1 aliphatic rings. The van der Waals surface area contributed by atoms with E-state index in [1.807, 2.05) is 0 Å². The summed E-state index contributed by atoms with van der Waals surface area (Å²) in [6.07, 6.45) is 0.395. The van der Waals surface area contributed by atoms with E-state index in [2.05, 4.69) is 0 Å². The number of likely N-dealkylation sites (N-methyl/N-ethyl adjacent to an activating group) is 1. The number of hydrogen-bond acceptors (Lipinski definition) is 4. The zero-order valence-corrected chi connectivity index (χ0v) is 12.4. The Balaban J connectivity index is 2.81. The van der Waals surface area contributed by atoms with E-state index in [4.69, 9.17) is 5.11 Å². The summed E-state index contributed by atoms with van der Waals surface area (Å²) in [5, 5.41) is 9.08. The largest absolute Gasteiger partial charge is 0.480 e. The summed E-state index contributed by atoms with van der Waals surface area (Å²) in [4.78, 5) is 25.7. The zero-order valence-electron chi connectivity index (χ0n) is 11.6. The molecule has 7 nitrogen and oxygen atoms in total. The number of carbonyl (C=O) groups is 2. The van der Waals surface area contributed by atoms with E-state index in [-0.39, 0.29) is 17.5 Å². The first-order valence-corrected chi connectivity index (χ1v) is 7.75. The number of carboxylic acid groups (broad SMARTS) is 1. The van der Waals surface area contributed by atoms with Gasteiger partial charge >= 0.3 is 12.0 Å². The molecule has 0 aromatic heterocycles. The quantitative estimate of drug-likeness (QED) is 0.791. The van der Waals surface area contributed by atoms with Crippen molar-refractivity contribution >= 4 is 21.8 Å². The number of amides is 2. The minimum absolute atomic E-state index is 0.0589. The van der Waals surface area contributed by atoms with Crippen LogP contribution in [0.1, 0.15) is 20.3 Å². The summed E-state index contributed by atoms with van der Waals surface area (Å²) >= 11 is 0. The van der Waals surface area contributed by atoms with Gasteiger partial charge in [-0.2, -0.15) is 0 Å². The van der Waals surface area contributed by atoms with Crippen LogP contribution in [0.3, 0.4) is 0 Å². The van der Waals surface area contributed by atoms with Crippen LogP contribution in [0.2, 0.25) is 0 Å². The summed E-state index contributed by atoms with van der Waals surface area (Å²) in [5.41, 5.74) is -1.34. The van der Waals surface area contributed by atoms with Gasteiger partial charge in [0.15, 0.2) is 9.84 Å². The molecule has 1 N–H and O–H groups in total. The molecule has 1 atom stereocenters. The molecule has 8 heteroatoms. The number of nitrogens with zero attached hydrogens (tertiary/aromatic N) is 2. The van der Waals surface area contributed by atoms with E-state index in [0.29, 0.717) is 6.42 Å². The van der Waals surface area contributed by atoms with Crippen molar-refractivity contribution in [2.45, 2.75) is 31.8 Å². The highest BCUT2D eigenvalue weighted by Crippen LogP contribution is 2.20. The van der Waals surface area contributed by atoms with E-state index in [1.54, 1.807) is 0 Å². The minimum atomic E-state index is -3.08. The lowest BCUT2D eigenvalue weighted by molar-refractivity contribution is -0.147. The molecule has 0 aromatic rings. The third-order valence-electron chi connectivity index (χ3n) is 3.71. The predicted molar refractivity (Wildman–Crippen MR) is 69.7 cm³/mol. The molecule has 19 heavy (non-hydrogen) atoms. The minimum Gasteiger partial charge on any atom is -0.480 e. The van der Waals surface area contributed by atoms with Crippen LogP contribution in [0, 0.1) is 0 Å². The molecule has 110 valence electrons. The Bertz CT molecular complexity index is 485. The first-order valence-electron chi connectivity index (χ1n) is 5.93. The van der Waals surface area contributed by atoms with Gasteiger partial charge in [0.25, 0.3) is 0 Å². The Hall–Kier alpha value is -1.31. The number of urea groups is 1. The third kappa shape index (κ3) is 3.17. The molecule has 2 amide bonds. The van der Waals surface area contributed by atoms with E-state index in [9.17, 15) is 18.0 Å². The van der Waals surface area contributed by atoms with Crippen LogP contribution in [0.5, 0.6) is 0 Å². The van der Waals surface area contributed by atoms with Crippen LogP contribution >= 0.6 is 0 Å². The van der Waals surface area contributed by atoms with Gasteiger partial charge in [-0.1, -0.05) is 0 Å². The first-order chi connectivity index (χ1) is 8.49. The average molecular weight is 292 g/mol. The van der Waals surface area contributed by atoms with Crippen LogP contribution in [-0.4, -0.2) is 72.5 Å². The van der Waals surface area contributed by atoms with Crippen LogP contribution in [0.15, 0.2) is 0 Å². The van der Waals surface area contributed by atoms with Crippen LogP contribution in [-0.2, 0) is 14.6 Å². The summed E-state index contributed by atoms with van der Waals surface area (Å²) < 4.78 is 22.8. The number of carboxylic acids is 1. The molecule has 0 radical (unpaired) electrons. The number of sulfone groups is 1. The van der Waals surface area contributed by atoms with Crippen molar-refractivity contribution in [3.05, 3.63) is 0 Å². The lowest BCUT2D eigenvalue weighted by Crippen LogP contribution is -2.56. The van der Waals surface area contributed by atoms with E-state index < -0.39 is 27.4 Å². The molecule has 0 aromatic carbocycles. The zero-order chi connectivity index (χ0) is 15.0. The Labute approximate surface area is 113 Å². The van der Waals surface area contributed by atoms with Crippen molar-refractivity contribution in [2.75, 3.05) is 25.6 Å². The van der Waals surface area contributed by atoms with Gasteiger partial charge in [0, 0.05) is 20.1 Å². The van der Waals surface area contributed by atoms with E-state index in [0.717, 1.165) is 4.90 Å². The highest BCUT2D eigenvalue weighted by molar-refractivity contribution is 7.91. The average Bonchev–Trinajstić information content (AvgIpc) is 2.66. The van der Waals surface area contributed by atoms with Gasteiger partial charge in [-0.3, -0.25) is 0 Å². The molecule has 1 aliphatic heterocycles. The van der Waals surface area contributed by atoms with Gasteiger partial charge in [-0.05, 0) is 20.3 Å². The molecule has 0 bridgehead atoms. The molecular formula is C11H20N2O5S. The SMILES string of the molecule is CN(C(=O)N(C)C(C)(C)C(=O)O)C1CCS(=O)(=O)C1. The fraction of sp³-hybridized carbons (Fsp3) is 0.818. The van der Waals surface area contributed by atoms with E-state index in [1.165, 1.54) is 32.8 Å². The number of rotatable bonds is 3. The van der Waals surface area contributed by atoms with Crippen molar-refractivity contribution in [2.24, 2.45) is 0 Å². The second kappa shape index (κ2) is 4.99. The fourth-order valence-electron chi connectivity index (χ4n) is 1.86. The second-order valence-corrected chi connectivity index (χ2v) is 7.60. The van der Waals surface area contributed by atoms with Gasteiger partial charge in [0.1, 0.15) is 5.54 Å². The fourth-order valence-corrected chi connectivity index (χ4v) is 3.63. The molecule has 0 saturated carbocycles. The maximum atomic E-state index is 12.2. The molecular weight excluding hydrogens is 272 g/mol. The third-order valence-corrected chi connectivity index (χ3v) is 5.46. The topological polar surface area (TPSA) is 95.0 Å². The number of hydrogen-bond donors (Lipinski definition) is 1. The number of aliphatic carboxylic acids is 1. The standard InChI is InChI=1S/C11H20N2O5S/c1-11(2,9(14)15)13(4)10(16)12(3)8-5-6-19(17,18)7-8/h8H,5-7H2,1-4H3,(H,14,15). The molecule has 1 rings (SSSR count). The lowest BCUT2D eigenvalue weighted by atomic mass is 10.0. The van der Waals surface area contributed by atoms with Gasteiger partial charge in [0.05, 0.1) is 11.5 Å². The molecule has 0 aliphatic carbocycles. The van der Waals surface area contributed by atoms with Gasteiger partial charge in [-0.25, -0.2) is 18.0 Å². The summed E-state index contributed by atoms with van der Waals surface area (Å²) in [6.45, 7) is 2.85. The first kappa shape index (κ1) is 15.7. The maximum absolute atomic E-state index is 12.2. The Morgan fingerprint density at radius 3 is 2.16 bits per heavy atom. The van der Waals surface area contributed by atoms with Crippen LogP contribution < -0.4 is 0 Å². The van der Waals surface area contributed by atoms with Crippen molar-refractivity contribution in [1.29, 1.82) is 0 Å². The Kier molecular flexibility index (Phi) is 4.14. The van der Waals surface area contributed by atoms with Crippen molar-refractivity contribution in [3.63, 3.8) is 0 Å². The summed E-state index contributed by atoms with van der Waals surface area (Å²) in [5.74, 6) is -1.10. The predicted octanol–water partition coefficient (Wildman–Crippen LogP) is 0.0203. The van der Waals surface area contributed by atoms with Crippen LogP contribution in [0.4, 0.5) is 4.79 Å². The van der Waals surface area contributed by atoms with Gasteiger partial charge in [0.2, 0.25) is 0 Å². The normalized spacial score (nSPS) is 22.0. The molecule has 1 heterocycles. The Morgan fingerprint density at radius 1 is 1.26 bits per heavy atom. The monoisotopic (exact) mass is 292 g/mol. The highest BCUT2D eigenvalue weighted by Gasteiger charge is 2.40. The van der Waals surface area contributed by atoms with Crippen molar-refractivity contribution in [1.82, 2.24) is 9.80 Å². The second-order valence-electron chi connectivity index (χ2n) is 5.37. The van der Waals surface area contributed by atoms with Crippen molar-refractivity contribution in [3.8, 4) is 0 Å². The van der Waals surface area contributed by atoms with E-state index >= 15 is 0 Å². The summed E-state index contributed by atoms with van der Waals surface area (Å²) in [6, 6.07) is -0.876. The lowest BCUT2D eigenvalue weighted by Gasteiger charge is -2.36. The molecule has 1 fully saturated rings. The number of carbonyl (C=O) groups excluding carboxylic acids is 1.